The lowest BCUT2D eigenvalue weighted by molar-refractivity contribution is 0.0509. The Labute approximate surface area is 117 Å². The molecule has 5 heteroatoms. The molecule has 0 spiro atoms. The molecular weight excluding hydrogens is 256 g/mol. The first-order chi connectivity index (χ1) is 9.70. The van der Waals surface area contributed by atoms with E-state index in [1.54, 1.807) is 30.6 Å². The molecule has 0 aliphatic carbocycles. The van der Waals surface area contributed by atoms with Gasteiger partial charge in [-0.2, -0.15) is 0 Å². The van der Waals surface area contributed by atoms with Crippen LogP contribution in [-0.2, 0) is 11.2 Å². The molecule has 0 aliphatic heterocycles. The van der Waals surface area contributed by atoms with E-state index in [4.69, 9.17) is 15.2 Å². The lowest BCUT2D eigenvalue weighted by Gasteiger charge is -2.08. The monoisotopic (exact) mass is 272 g/mol. The van der Waals surface area contributed by atoms with Crippen molar-refractivity contribution < 1.29 is 14.3 Å². The zero-order valence-electron chi connectivity index (χ0n) is 11.2. The summed E-state index contributed by atoms with van der Waals surface area (Å²) in [4.78, 5) is 15.8. The van der Waals surface area contributed by atoms with Crippen LogP contribution in [0.1, 0.15) is 15.9 Å². The summed E-state index contributed by atoms with van der Waals surface area (Å²) >= 11 is 0. The van der Waals surface area contributed by atoms with E-state index in [-0.39, 0.29) is 0 Å². The van der Waals surface area contributed by atoms with Crippen LogP contribution in [0.5, 0.6) is 5.75 Å². The van der Waals surface area contributed by atoms with E-state index >= 15 is 0 Å². The van der Waals surface area contributed by atoms with Crippen molar-refractivity contribution >= 4 is 11.7 Å². The molecule has 0 atom stereocenters. The molecule has 20 heavy (non-hydrogen) atoms. The van der Waals surface area contributed by atoms with Crippen molar-refractivity contribution in [2.24, 2.45) is 0 Å². The van der Waals surface area contributed by atoms with Crippen molar-refractivity contribution in [3.8, 4) is 5.75 Å². The molecular formula is C15H16N2O3. The van der Waals surface area contributed by atoms with Gasteiger partial charge < -0.3 is 15.2 Å². The highest BCUT2D eigenvalue weighted by Crippen LogP contribution is 2.22. The van der Waals surface area contributed by atoms with Crippen molar-refractivity contribution in [3.63, 3.8) is 0 Å². The fourth-order valence-electron chi connectivity index (χ4n) is 1.76. The maximum atomic E-state index is 11.9. The standard InChI is InChI=1S/C15H16N2O3/c1-19-14-3-2-12(10-13(14)16)15(18)20-9-6-11-4-7-17-8-5-11/h2-5,7-8,10H,6,9,16H2,1H3. The number of carbonyl (C=O) groups is 1. The lowest BCUT2D eigenvalue weighted by Crippen LogP contribution is -2.09. The van der Waals surface area contributed by atoms with E-state index in [2.05, 4.69) is 4.98 Å². The Morgan fingerprint density at radius 3 is 2.65 bits per heavy atom. The molecule has 0 amide bonds. The second-order valence-corrected chi connectivity index (χ2v) is 4.20. The minimum absolute atomic E-state index is 0.314. The molecule has 1 heterocycles. The Bertz CT molecular complexity index is 585. The number of carbonyl (C=O) groups excluding carboxylic acids is 1. The maximum Gasteiger partial charge on any atom is 0.338 e. The van der Waals surface area contributed by atoms with E-state index in [0.717, 1.165) is 5.56 Å². The van der Waals surface area contributed by atoms with Crippen molar-refractivity contribution in [1.82, 2.24) is 4.98 Å². The third-order valence-corrected chi connectivity index (χ3v) is 2.84. The van der Waals surface area contributed by atoms with Gasteiger partial charge in [0.05, 0.1) is 25.0 Å². The van der Waals surface area contributed by atoms with Crippen LogP contribution in [-0.4, -0.2) is 24.7 Å². The fraction of sp³-hybridized carbons (Fsp3) is 0.200. The number of anilines is 1. The second kappa shape index (κ2) is 6.56. The third-order valence-electron chi connectivity index (χ3n) is 2.84. The van der Waals surface area contributed by atoms with Crippen molar-refractivity contribution in [2.45, 2.75) is 6.42 Å². The normalized spacial score (nSPS) is 10.1. The molecule has 0 radical (unpaired) electrons. The molecule has 0 unspecified atom stereocenters. The summed E-state index contributed by atoms with van der Waals surface area (Å²) in [6.07, 6.45) is 4.07. The average Bonchev–Trinajstić information content (AvgIpc) is 2.48. The Hall–Kier alpha value is -2.56. The minimum Gasteiger partial charge on any atom is -0.495 e. The van der Waals surface area contributed by atoms with Gasteiger partial charge in [0, 0.05) is 18.8 Å². The van der Waals surface area contributed by atoms with Gasteiger partial charge in [0.1, 0.15) is 5.75 Å². The summed E-state index contributed by atoms with van der Waals surface area (Å²) < 4.78 is 10.2. The van der Waals surface area contributed by atoms with Crippen LogP contribution in [0.25, 0.3) is 0 Å². The van der Waals surface area contributed by atoms with Crippen molar-refractivity contribution in [1.29, 1.82) is 0 Å². The van der Waals surface area contributed by atoms with Crippen LogP contribution in [0.3, 0.4) is 0 Å². The number of hydrogen-bond donors (Lipinski definition) is 1. The molecule has 2 rings (SSSR count). The van der Waals surface area contributed by atoms with Gasteiger partial charge in [-0.25, -0.2) is 4.79 Å². The van der Waals surface area contributed by atoms with E-state index in [1.807, 2.05) is 12.1 Å². The van der Waals surface area contributed by atoms with Crippen LogP contribution in [0.4, 0.5) is 5.69 Å². The summed E-state index contributed by atoms with van der Waals surface area (Å²) in [6.45, 7) is 0.314. The second-order valence-electron chi connectivity index (χ2n) is 4.20. The van der Waals surface area contributed by atoms with E-state index in [0.29, 0.717) is 30.0 Å². The van der Waals surface area contributed by atoms with E-state index < -0.39 is 5.97 Å². The molecule has 0 saturated carbocycles. The van der Waals surface area contributed by atoms with Crippen LogP contribution in [0.15, 0.2) is 42.7 Å². The van der Waals surface area contributed by atoms with Gasteiger partial charge in [0.25, 0.3) is 0 Å². The van der Waals surface area contributed by atoms with Crippen molar-refractivity contribution in [3.05, 3.63) is 53.9 Å². The first kappa shape index (κ1) is 13.9. The van der Waals surface area contributed by atoms with Crippen LogP contribution in [0, 0.1) is 0 Å². The number of rotatable bonds is 5. The molecule has 1 aromatic heterocycles. The summed E-state index contributed by atoms with van der Waals surface area (Å²) in [5.74, 6) is 0.145. The number of esters is 1. The van der Waals surface area contributed by atoms with Crippen LogP contribution >= 0.6 is 0 Å². The predicted octanol–water partition coefficient (Wildman–Crippen LogP) is 2.07. The lowest BCUT2D eigenvalue weighted by atomic mass is 10.2. The first-order valence-electron chi connectivity index (χ1n) is 6.20. The zero-order valence-corrected chi connectivity index (χ0v) is 11.2. The fourth-order valence-corrected chi connectivity index (χ4v) is 1.76. The summed E-state index contributed by atoms with van der Waals surface area (Å²) in [7, 11) is 1.53. The number of aromatic nitrogens is 1. The van der Waals surface area contributed by atoms with Crippen molar-refractivity contribution in [2.75, 3.05) is 19.5 Å². The third kappa shape index (κ3) is 3.47. The Kier molecular flexibility index (Phi) is 4.55. The molecule has 5 nitrogen and oxygen atoms in total. The Morgan fingerprint density at radius 1 is 1.25 bits per heavy atom. The number of methoxy groups -OCH3 is 1. The van der Waals surface area contributed by atoms with Gasteiger partial charge in [0.2, 0.25) is 0 Å². The first-order valence-corrected chi connectivity index (χ1v) is 6.20. The number of pyridine rings is 1. The van der Waals surface area contributed by atoms with Gasteiger partial charge in [0.15, 0.2) is 0 Å². The SMILES string of the molecule is COc1ccc(C(=O)OCCc2ccncc2)cc1N. The van der Waals surface area contributed by atoms with Crippen LogP contribution < -0.4 is 10.5 Å². The minimum atomic E-state index is -0.395. The zero-order chi connectivity index (χ0) is 14.4. The Balaban J connectivity index is 1.90. The quantitative estimate of drug-likeness (QED) is 0.666. The van der Waals surface area contributed by atoms with Gasteiger partial charge >= 0.3 is 5.97 Å². The molecule has 0 saturated heterocycles. The highest BCUT2D eigenvalue weighted by molar-refractivity contribution is 5.91. The number of nitrogens with zero attached hydrogens (tertiary/aromatic N) is 1. The number of ether oxygens (including phenoxy) is 2. The van der Waals surface area contributed by atoms with Gasteiger partial charge in [-0.3, -0.25) is 4.98 Å². The molecule has 0 fully saturated rings. The molecule has 0 bridgehead atoms. The average molecular weight is 272 g/mol. The molecule has 1 aromatic carbocycles. The topological polar surface area (TPSA) is 74.4 Å². The predicted molar refractivity (Wildman–Crippen MR) is 75.6 cm³/mol. The largest absolute Gasteiger partial charge is 0.495 e. The number of benzene rings is 1. The van der Waals surface area contributed by atoms with Gasteiger partial charge in [-0.15, -0.1) is 0 Å². The summed E-state index contributed by atoms with van der Waals surface area (Å²) in [5, 5.41) is 0. The van der Waals surface area contributed by atoms with Gasteiger partial charge in [-0.1, -0.05) is 0 Å². The number of nitrogens with two attached hydrogens (primary N) is 1. The molecule has 2 N–H and O–H groups in total. The highest BCUT2D eigenvalue weighted by atomic mass is 16.5. The highest BCUT2D eigenvalue weighted by Gasteiger charge is 2.09. The van der Waals surface area contributed by atoms with E-state index in [9.17, 15) is 4.79 Å². The van der Waals surface area contributed by atoms with Gasteiger partial charge in [-0.05, 0) is 35.9 Å². The Morgan fingerprint density at radius 2 is 2.00 bits per heavy atom. The number of hydrogen-bond acceptors (Lipinski definition) is 5. The molecule has 2 aromatic rings. The maximum absolute atomic E-state index is 11.9. The van der Waals surface area contributed by atoms with Crippen LogP contribution in [0.2, 0.25) is 0 Å². The van der Waals surface area contributed by atoms with E-state index in [1.165, 1.54) is 7.11 Å². The summed E-state index contributed by atoms with van der Waals surface area (Å²) in [5.41, 5.74) is 7.65. The summed E-state index contributed by atoms with van der Waals surface area (Å²) in [6, 6.07) is 8.60. The number of nitrogen functional groups attached to an aromatic ring is 1. The smallest absolute Gasteiger partial charge is 0.338 e. The molecule has 0 aliphatic rings. The molecule has 104 valence electrons.